The Morgan fingerprint density at radius 2 is 1.61 bits per heavy atom. The lowest BCUT2D eigenvalue weighted by molar-refractivity contribution is -0.123. The predicted molar refractivity (Wildman–Crippen MR) is 117 cm³/mol. The van der Waals surface area contributed by atoms with Crippen molar-refractivity contribution in [2.45, 2.75) is 13.8 Å². The highest BCUT2D eigenvalue weighted by atomic mass is 79.9. The van der Waals surface area contributed by atoms with Gasteiger partial charge >= 0.3 is 6.03 Å². The van der Waals surface area contributed by atoms with Crippen molar-refractivity contribution in [1.82, 2.24) is 10.6 Å². The first-order valence-corrected chi connectivity index (χ1v) is 10.2. The standard InChI is InChI=1S/C22H21BrN2O6/c1-12-4-5-15(8-13(12)2)30-6-7-31-19-17(23)10-14(11-18(19)29-3)9-16-20(26)24-22(28)25-21(16)27/h4-5,8-11H,6-7H2,1-3H3,(H2,24,25,26,27,28). The quantitative estimate of drug-likeness (QED) is 0.352. The second-order valence-electron chi connectivity index (χ2n) is 6.77. The molecule has 0 aliphatic carbocycles. The fourth-order valence-electron chi connectivity index (χ4n) is 2.84. The molecule has 1 saturated heterocycles. The van der Waals surface area contributed by atoms with Crippen LogP contribution in [0.3, 0.4) is 0 Å². The Bertz CT molecular complexity index is 1060. The molecule has 2 aromatic rings. The molecule has 8 nitrogen and oxygen atoms in total. The number of nitrogens with one attached hydrogen (secondary N) is 2. The molecule has 1 aliphatic rings. The van der Waals surface area contributed by atoms with Crippen LogP contribution in [0, 0.1) is 13.8 Å². The van der Waals surface area contributed by atoms with E-state index < -0.39 is 17.8 Å². The smallest absolute Gasteiger partial charge is 0.328 e. The first kappa shape index (κ1) is 22.4. The van der Waals surface area contributed by atoms with Gasteiger partial charge in [-0.2, -0.15) is 0 Å². The van der Waals surface area contributed by atoms with Gasteiger partial charge in [-0.15, -0.1) is 0 Å². The summed E-state index contributed by atoms with van der Waals surface area (Å²) >= 11 is 3.43. The van der Waals surface area contributed by atoms with E-state index in [1.54, 1.807) is 12.1 Å². The number of urea groups is 1. The monoisotopic (exact) mass is 488 g/mol. The highest BCUT2D eigenvalue weighted by Gasteiger charge is 2.27. The number of methoxy groups -OCH3 is 1. The molecule has 0 bridgehead atoms. The van der Waals surface area contributed by atoms with Gasteiger partial charge in [0.1, 0.15) is 24.5 Å². The van der Waals surface area contributed by atoms with E-state index in [-0.39, 0.29) is 12.2 Å². The average molecular weight is 489 g/mol. The van der Waals surface area contributed by atoms with Crippen LogP contribution >= 0.6 is 15.9 Å². The maximum atomic E-state index is 11.9. The molecular weight excluding hydrogens is 468 g/mol. The summed E-state index contributed by atoms with van der Waals surface area (Å²) in [5, 5.41) is 4.06. The zero-order valence-electron chi connectivity index (χ0n) is 17.2. The molecule has 2 N–H and O–H groups in total. The molecule has 1 fully saturated rings. The number of imide groups is 2. The number of carbonyl (C=O) groups excluding carboxylic acids is 3. The number of halogens is 1. The van der Waals surface area contributed by atoms with E-state index in [4.69, 9.17) is 14.2 Å². The Kier molecular flexibility index (Phi) is 6.96. The van der Waals surface area contributed by atoms with E-state index >= 15 is 0 Å². The number of barbiturate groups is 1. The van der Waals surface area contributed by atoms with Gasteiger partial charge in [0.15, 0.2) is 11.5 Å². The lowest BCUT2D eigenvalue weighted by Gasteiger charge is -2.16. The van der Waals surface area contributed by atoms with Crippen molar-refractivity contribution in [2.75, 3.05) is 20.3 Å². The van der Waals surface area contributed by atoms with Crippen LogP contribution in [-0.2, 0) is 9.59 Å². The minimum atomic E-state index is -0.849. The summed E-state index contributed by atoms with van der Waals surface area (Å²) in [5.41, 5.74) is 2.67. The van der Waals surface area contributed by atoms with Gasteiger partial charge < -0.3 is 14.2 Å². The van der Waals surface area contributed by atoms with Crippen molar-refractivity contribution in [3.8, 4) is 17.2 Å². The van der Waals surface area contributed by atoms with Crippen LogP contribution < -0.4 is 24.8 Å². The van der Waals surface area contributed by atoms with Gasteiger partial charge in [-0.05, 0) is 76.8 Å². The van der Waals surface area contributed by atoms with Gasteiger partial charge in [0.05, 0.1) is 11.6 Å². The maximum Gasteiger partial charge on any atom is 0.328 e. The van der Waals surface area contributed by atoms with Crippen LogP contribution in [0.4, 0.5) is 4.79 Å². The van der Waals surface area contributed by atoms with Crippen LogP contribution in [0.2, 0.25) is 0 Å². The third kappa shape index (κ3) is 5.43. The third-order valence-electron chi connectivity index (χ3n) is 4.58. The molecule has 4 amide bonds. The minimum Gasteiger partial charge on any atom is -0.493 e. The van der Waals surface area contributed by atoms with Crippen LogP contribution in [0.5, 0.6) is 17.2 Å². The highest BCUT2D eigenvalue weighted by molar-refractivity contribution is 9.10. The molecule has 0 aromatic heterocycles. The number of carbonyl (C=O) groups is 3. The molecule has 1 heterocycles. The molecule has 9 heteroatoms. The number of rotatable bonds is 7. The first-order chi connectivity index (χ1) is 14.8. The summed E-state index contributed by atoms with van der Waals surface area (Å²) in [7, 11) is 1.48. The van der Waals surface area contributed by atoms with Crippen molar-refractivity contribution in [3.05, 3.63) is 57.1 Å². The molecule has 1 aliphatic heterocycles. The molecule has 0 saturated carbocycles. The van der Waals surface area contributed by atoms with Gasteiger partial charge in [0.25, 0.3) is 11.8 Å². The van der Waals surface area contributed by atoms with Crippen LogP contribution in [0.25, 0.3) is 6.08 Å². The van der Waals surface area contributed by atoms with Crippen molar-refractivity contribution in [3.63, 3.8) is 0 Å². The molecule has 162 valence electrons. The molecule has 3 rings (SSSR count). The second kappa shape index (κ2) is 9.65. The molecule has 0 radical (unpaired) electrons. The molecular formula is C22H21BrN2O6. The number of hydrogen-bond donors (Lipinski definition) is 2. The predicted octanol–water partition coefficient (Wildman–Crippen LogP) is 3.28. The van der Waals surface area contributed by atoms with E-state index in [2.05, 4.69) is 15.9 Å². The third-order valence-corrected chi connectivity index (χ3v) is 5.17. The van der Waals surface area contributed by atoms with Gasteiger partial charge in [-0.25, -0.2) is 4.79 Å². The summed E-state index contributed by atoms with van der Waals surface area (Å²) in [5.74, 6) is 0.0868. The number of benzene rings is 2. The van der Waals surface area contributed by atoms with Crippen LogP contribution in [0.15, 0.2) is 40.4 Å². The van der Waals surface area contributed by atoms with E-state index in [0.29, 0.717) is 28.1 Å². The zero-order valence-corrected chi connectivity index (χ0v) is 18.8. The SMILES string of the molecule is COc1cc(C=C2C(=O)NC(=O)NC2=O)cc(Br)c1OCCOc1ccc(C)c(C)c1. The Hall–Kier alpha value is -3.33. The number of aryl methyl sites for hydroxylation is 2. The van der Waals surface area contributed by atoms with E-state index in [1.165, 1.54) is 18.7 Å². The van der Waals surface area contributed by atoms with E-state index in [9.17, 15) is 14.4 Å². The molecule has 2 aromatic carbocycles. The number of hydrogen-bond acceptors (Lipinski definition) is 6. The number of amides is 4. The summed E-state index contributed by atoms with van der Waals surface area (Å²) in [6.45, 7) is 4.67. The lowest BCUT2D eigenvalue weighted by Crippen LogP contribution is -2.51. The van der Waals surface area contributed by atoms with Crippen LogP contribution in [-0.4, -0.2) is 38.2 Å². The minimum absolute atomic E-state index is 0.191. The Labute approximate surface area is 187 Å². The summed E-state index contributed by atoms with van der Waals surface area (Å²) in [4.78, 5) is 35.0. The molecule has 0 atom stereocenters. The average Bonchev–Trinajstić information content (AvgIpc) is 2.71. The van der Waals surface area contributed by atoms with Gasteiger partial charge in [-0.1, -0.05) is 6.07 Å². The second-order valence-corrected chi connectivity index (χ2v) is 7.63. The highest BCUT2D eigenvalue weighted by Crippen LogP contribution is 2.37. The van der Waals surface area contributed by atoms with Crippen molar-refractivity contribution in [1.29, 1.82) is 0 Å². The fourth-order valence-corrected chi connectivity index (χ4v) is 3.42. The van der Waals surface area contributed by atoms with E-state index in [1.807, 2.05) is 42.7 Å². The lowest BCUT2D eigenvalue weighted by atomic mass is 10.1. The van der Waals surface area contributed by atoms with Gasteiger partial charge in [0.2, 0.25) is 0 Å². The number of ether oxygens (including phenoxy) is 3. The Balaban J connectivity index is 1.70. The molecule has 0 unspecified atom stereocenters. The fraction of sp³-hybridized carbons (Fsp3) is 0.227. The Morgan fingerprint density at radius 3 is 2.26 bits per heavy atom. The maximum absolute atomic E-state index is 11.9. The van der Waals surface area contributed by atoms with Crippen molar-refractivity contribution < 1.29 is 28.6 Å². The summed E-state index contributed by atoms with van der Waals surface area (Å²) in [6.07, 6.45) is 1.36. The first-order valence-electron chi connectivity index (χ1n) is 9.37. The summed E-state index contributed by atoms with van der Waals surface area (Å²) < 4.78 is 17.5. The van der Waals surface area contributed by atoms with Gasteiger partial charge in [0, 0.05) is 0 Å². The topological polar surface area (TPSA) is 103 Å². The van der Waals surface area contributed by atoms with Crippen LogP contribution in [0.1, 0.15) is 16.7 Å². The summed E-state index contributed by atoms with van der Waals surface area (Å²) in [6, 6.07) is 8.32. The zero-order chi connectivity index (χ0) is 22.5. The molecule has 31 heavy (non-hydrogen) atoms. The Morgan fingerprint density at radius 1 is 0.935 bits per heavy atom. The van der Waals surface area contributed by atoms with Crippen molar-refractivity contribution in [2.24, 2.45) is 0 Å². The van der Waals surface area contributed by atoms with Gasteiger partial charge in [-0.3, -0.25) is 20.2 Å². The molecule has 0 spiro atoms. The normalized spacial score (nSPS) is 13.4. The van der Waals surface area contributed by atoms with Crippen molar-refractivity contribution >= 4 is 39.9 Å². The largest absolute Gasteiger partial charge is 0.493 e. The van der Waals surface area contributed by atoms with E-state index in [0.717, 1.165) is 11.3 Å².